The quantitative estimate of drug-likeness (QED) is 0.305. The molecule has 0 aliphatic carbocycles. The zero-order valence-corrected chi connectivity index (χ0v) is 2.32. The Morgan fingerprint density at radius 1 is 0.750 bits per heavy atom. The minimum absolute atomic E-state index is 0. The zero-order chi connectivity index (χ0) is 0. The van der Waals surface area contributed by atoms with Crippen molar-refractivity contribution in [1.82, 2.24) is 0 Å². The molecular weight excluding hydrogens is 53.0 g/mol. The summed E-state index contributed by atoms with van der Waals surface area (Å²) in [6, 6.07) is 0. The first-order valence-corrected chi connectivity index (χ1v) is 0. The molecule has 0 aromatic rings. The Morgan fingerprint density at radius 2 is 0.750 bits per heavy atom. The molecule has 0 radical (unpaired) electrons. The van der Waals surface area contributed by atoms with E-state index in [1.807, 2.05) is 0 Å². The summed E-state index contributed by atoms with van der Waals surface area (Å²) in [6.07, 6.45) is 0. The molecule has 4 heavy (non-hydrogen) atoms. The van der Waals surface area contributed by atoms with Gasteiger partial charge < -0.3 is 5.48 Å². The van der Waals surface area contributed by atoms with Crippen molar-refractivity contribution in [3.63, 3.8) is 0 Å². The van der Waals surface area contributed by atoms with E-state index < -0.39 is 0 Å². The molecule has 0 amide bonds. The Balaban J connectivity index is 0. The number of halogens is 1. The molecule has 0 rings (SSSR count). The molecule has 0 atom stereocenters. The fourth-order valence-corrected chi connectivity index (χ4v) is 0. The Bertz CT molecular complexity index is 6.00. The van der Waals surface area contributed by atoms with Crippen LogP contribution < -0.4 is 0 Å². The fraction of sp³-hybridized carbons (Fsp3) is 0. The maximum Gasteiger partial charge on any atom is 2.00 e. The van der Waals surface area contributed by atoms with Crippen molar-refractivity contribution < 1.29 is 10.2 Å². The average Bonchev–Trinajstić information content (AvgIpc) is 0. The molecule has 0 aromatic carbocycles. The predicted octanol–water partition coefficient (Wildman–Crippen LogP) is -1.43. The van der Waals surface area contributed by atoms with E-state index in [0.717, 1.165) is 0 Å². The summed E-state index contributed by atoms with van der Waals surface area (Å²) in [5.41, 5.74) is 0. The van der Waals surface area contributed by atoms with Crippen LogP contribution >= 0.6 is 0 Å². The van der Waals surface area contributed by atoms with Crippen molar-refractivity contribution in [2.75, 3.05) is 0 Å². The standard InChI is InChI=1S/2Be.FH.H2O/h;;1H;1H2/q2*+2;;. The van der Waals surface area contributed by atoms with Gasteiger partial charge in [-0.3, -0.25) is 4.70 Å². The summed E-state index contributed by atoms with van der Waals surface area (Å²) in [6.45, 7) is 0. The normalized spacial score (nSPS) is 0. The van der Waals surface area contributed by atoms with E-state index in [9.17, 15) is 0 Å². The Morgan fingerprint density at radius 3 is 0.750 bits per heavy atom. The topological polar surface area (TPSA) is 31.5 Å². The molecule has 0 unspecified atom stereocenters. The number of hydrogen-bond acceptors (Lipinski definition) is 0. The van der Waals surface area contributed by atoms with Gasteiger partial charge in [0.1, 0.15) is 0 Å². The van der Waals surface area contributed by atoms with Crippen LogP contribution in [-0.2, 0) is 0 Å². The largest absolute Gasteiger partial charge is 2.00 e. The van der Waals surface area contributed by atoms with Gasteiger partial charge in [-0.1, -0.05) is 0 Å². The minimum atomic E-state index is 0. The van der Waals surface area contributed by atoms with Gasteiger partial charge in [0.25, 0.3) is 0 Å². The van der Waals surface area contributed by atoms with Gasteiger partial charge in [0.15, 0.2) is 0 Å². The van der Waals surface area contributed by atoms with Gasteiger partial charge in [0, 0.05) is 0 Å². The third-order valence-electron chi connectivity index (χ3n) is 0. The van der Waals surface area contributed by atoms with Gasteiger partial charge in [-0.25, -0.2) is 0 Å². The molecule has 0 bridgehead atoms. The van der Waals surface area contributed by atoms with E-state index in [-0.39, 0.29) is 30.4 Å². The second kappa shape index (κ2) is 309. The van der Waals surface area contributed by atoms with Gasteiger partial charge in [0.2, 0.25) is 0 Å². The monoisotopic (exact) mass is 56.0 g/mol. The van der Waals surface area contributed by atoms with Crippen LogP contribution in [0.2, 0.25) is 0 Å². The SMILES string of the molecule is F.O.[Be+2].[Be+2]. The van der Waals surface area contributed by atoms with Crippen molar-refractivity contribution in [1.29, 1.82) is 0 Å². The second-order valence-corrected chi connectivity index (χ2v) is 0. The molecule has 0 spiro atoms. The molecule has 0 heterocycles. The second-order valence-electron chi connectivity index (χ2n) is 0. The molecule has 0 saturated heterocycles. The summed E-state index contributed by atoms with van der Waals surface area (Å²) in [5.74, 6) is 0. The third-order valence-corrected chi connectivity index (χ3v) is 0. The van der Waals surface area contributed by atoms with Crippen LogP contribution in [0.5, 0.6) is 0 Å². The molecule has 0 aliphatic heterocycles. The molecule has 1 nitrogen and oxygen atoms in total. The van der Waals surface area contributed by atoms with Crippen molar-refractivity contribution >= 4 is 20.2 Å². The number of hydrogen-bond donors (Lipinski definition) is 0. The Hall–Kier alpha value is 0.228. The molecule has 16 valence electrons. The maximum absolute atomic E-state index is 0. The van der Waals surface area contributed by atoms with E-state index in [2.05, 4.69) is 0 Å². The van der Waals surface area contributed by atoms with E-state index in [4.69, 9.17) is 0 Å². The molecule has 0 saturated carbocycles. The van der Waals surface area contributed by atoms with Crippen LogP contribution in [-0.4, -0.2) is 25.7 Å². The van der Waals surface area contributed by atoms with Gasteiger partial charge in [0.05, 0.1) is 0 Å². The Kier molecular flexibility index (Phi) is 65700. The van der Waals surface area contributed by atoms with Crippen LogP contribution in [0.15, 0.2) is 0 Å². The zero-order valence-electron chi connectivity index (χ0n) is 2.32. The smallest absolute Gasteiger partial charge is 0.412 e. The molecule has 0 aromatic heterocycles. The van der Waals surface area contributed by atoms with Gasteiger partial charge in [-0.05, 0) is 0 Å². The van der Waals surface area contributed by atoms with E-state index >= 15 is 0 Å². The maximum atomic E-state index is 0. The van der Waals surface area contributed by atoms with E-state index in [1.165, 1.54) is 0 Å². The Labute approximate surface area is 31.5 Å². The van der Waals surface area contributed by atoms with Gasteiger partial charge in [-0.2, -0.15) is 0 Å². The first-order valence-electron chi connectivity index (χ1n) is 0. The van der Waals surface area contributed by atoms with Crippen molar-refractivity contribution in [2.24, 2.45) is 0 Å². The molecule has 0 aliphatic rings. The summed E-state index contributed by atoms with van der Waals surface area (Å²) in [5, 5.41) is 0. The average molecular weight is 56.0 g/mol. The van der Waals surface area contributed by atoms with E-state index in [1.54, 1.807) is 0 Å². The van der Waals surface area contributed by atoms with Crippen LogP contribution in [0.1, 0.15) is 0 Å². The molecule has 2 N–H and O–H groups in total. The molecule has 0 fully saturated rings. The van der Waals surface area contributed by atoms with Crippen molar-refractivity contribution in [3.8, 4) is 0 Å². The fourth-order valence-electron chi connectivity index (χ4n) is 0. The first kappa shape index (κ1) is 850. The van der Waals surface area contributed by atoms with Crippen LogP contribution in [0.3, 0.4) is 0 Å². The summed E-state index contributed by atoms with van der Waals surface area (Å²) in [4.78, 5) is 0. The first-order chi connectivity index (χ1) is 0. The van der Waals surface area contributed by atoms with Gasteiger partial charge in [-0.15, -0.1) is 0 Å². The van der Waals surface area contributed by atoms with Crippen molar-refractivity contribution in [3.05, 3.63) is 0 Å². The molecule has 4 heteroatoms. The summed E-state index contributed by atoms with van der Waals surface area (Å²) < 4.78 is 0. The van der Waals surface area contributed by atoms with Crippen LogP contribution in [0.4, 0.5) is 4.70 Å². The minimum Gasteiger partial charge on any atom is -0.412 e. The predicted molar refractivity (Wildman–Crippen MR) is 17.6 cm³/mol. The third kappa shape index (κ3) is 64.8. The van der Waals surface area contributed by atoms with Crippen LogP contribution in [0.25, 0.3) is 0 Å². The van der Waals surface area contributed by atoms with E-state index in [0.29, 0.717) is 0 Å². The van der Waals surface area contributed by atoms with Crippen molar-refractivity contribution in [2.45, 2.75) is 0 Å². The molecular formula is H3Be2FO+4. The van der Waals surface area contributed by atoms with Crippen LogP contribution in [0, 0.1) is 0 Å². The number of rotatable bonds is 0. The summed E-state index contributed by atoms with van der Waals surface area (Å²) in [7, 11) is 0. The van der Waals surface area contributed by atoms with Gasteiger partial charge >= 0.3 is 20.2 Å². The summed E-state index contributed by atoms with van der Waals surface area (Å²) >= 11 is 0.